The summed E-state index contributed by atoms with van der Waals surface area (Å²) in [7, 11) is 1.53. The smallest absolute Gasteiger partial charge is 0.224 e. The molecule has 0 aliphatic carbocycles. The molecule has 0 fully saturated rings. The van der Waals surface area contributed by atoms with Crippen LogP contribution < -0.4 is 10.1 Å². The van der Waals surface area contributed by atoms with E-state index in [1.807, 2.05) is 0 Å². The fourth-order valence-electron chi connectivity index (χ4n) is 2.13. The van der Waals surface area contributed by atoms with Crippen molar-refractivity contribution in [3.63, 3.8) is 0 Å². The van der Waals surface area contributed by atoms with Gasteiger partial charge in [-0.3, -0.25) is 4.79 Å². The van der Waals surface area contributed by atoms with Gasteiger partial charge in [-0.2, -0.15) is 0 Å². The summed E-state index contributed by atoms with van der Waals surface area (Å²) in [5.41, 5.74) is 0.768. The summed E-state index contributed by atoms with van der Waals surface area (Å²) in [5, 5.41) is 2.59. The second kappa shape index (κ2) is 9.48. The molecule has 4 nitrogen and oxygen atoms in total. The molecule has 2 aromatic carbocycles. The summed E-state index contributed by atoms with van der Waals surface area (Å²) >= 11 is 3.18. The molecule has 2 rings (SSSR count). The number of carbonyl (C=O) groups is 1. The normalized spacial score (nSPS) is 10.6. The Labute approximate surface area is 153 Å². The standard InChI is InChI=1S/C18H18BrF2NO3/c1-24-8-9-25-17-6-5-14(11-16(17)21)22-18(23)7-3-12-2-4-13(19)10-15(12)20/h2,4-6,10-11H,3,7-9H2,1H3,(H,22,23). The zero-order chi connectivity index (χ0) is 18.2. The number of amides is 1. The summed E-state index contributed by atoms with van der Waals surface area (Å²) in [6.45, 7) is 0.586. The highest BCUT2D eigenvalue weighted by molar-refractivity contribution is 9.10. The van der Waals surface area contributed by atoms with Gasteiger partial charge in [-0.1, -0.05) is 22.0 Å². The van der Waals surface area contributed by atoms with Crippen molar-refractivity contribution in [2.75, 3.05) is 25.6 Å². The highest BCUT2D eigenvalue weighted by Gasteiger charge is 2.09. The fourth-order valence-corrected chi connectivity index (χ4v) is 2.46. The number of benzene rings is 2. The first kappa shape index (κ1) is 19.3. The van der Waals surface area contributed by atoms with Gasteiger partial charge in [-0.15, -0.1) is 0 Å². The Kier molecular flexibility index (Phi) is 7.33. The van der Waals surface area contributed by atoms with E-state index in [9.17, 15) is 13.6 Å². The van der Waals surface area contributed by atoms with E-state index in [0.717, 1.165) is 0 Å². The average Bonchev–Trinajstić information content (AvgIpc) is 2.56. The first-order valence-electron chi connectivity index (χ1n) is 7.64. The second-order valence-corrected chi connectivity index (χ2v) is 6.19. The maximum absolute atomic E-state index is 13.9. The van der Waals surface area contributed by atoms with Crippen molar-refractivity contribution in [3.8, 4) is 5.75 Å². The van der Waals surface area contributed by atoms with Crippen LogP contribution in [0.2, 0.25) is 0 Å². The van der Waals surface area contributed by atoms with Gasteiger partial charge in [0.2, 0.25) is 5.91 Å². The van der Waals surface area contributed by atoms with E-state index >= 15 is 0 Å². The van der Waals surface area contributed by atoms with Gasteiger partial charge in [0.25, 0.3) is 0 Å². The summed E-state index contributed by atoms with van der Waals surface area (Å²) in [4.78, 5) is 12.0. The highest BCUT2D eigenvalue weighted by Crippen LogP contribution is 2.22. The molecule has 0 heterocycles. The average molecular weight is 414 g/mol. The molecule has 0 atom stereocenters. The Hall–Kier alpha value is -1.99. The van der Waals surface area contributed by atoms with Crippen molar-refractivity contribution in [2.24, 2.45) is 0 Å². The van der Waals surface area contributed by atoms with Gasteiger partial charge in [-0.05, 0) is 36.2 Å². The van der Waals surface area contributed by atoms with Crippen LogP contribution in [0.15, 0.2) is 40.9 Å². The third kappa shape index (κ3) is 6.10. The summed E-state index contributed by atoms with van der Waals surface area (Å²) in [6, 6.07) is 8.86. The lowest BCUT2D eigenvalue weighted by atomic mass is 10.1. The topological polar surface area (TPSA) is 47.6 Å². The fraction of sp³-hybridized carbons (Fsp3) is 0.278. The molecule has 0 unspecified atom stereocenters. The largest absolute Gasteiger partial charge is 0.488 e. The number of methoxy groups -OCH3 is 1. The van der Waals surface area contributed by atoms with Gasteiger partial charge >= 0.3 is 0 Å². The van der Waals surface area contributed by atoms with Crippen LogP contribution in [-0.4, -0.2) is 26.2 Å². The maximum Gasteiger partial charge on any atom is 0.224 e. The van der Waals surface area contributed by atoms with Crippen LogP contribution in [0.1, 0.15) is 12.0 Å². The lowest BCUT2D eigenvalue weighted by Gasteiger charge is -2.10. The number of carbonyl (C=O) groups excluding carboxylic acids is 1. The van der Waals surface area contributed by atoms with Crippen LogP contribution in [0.5, 0.6) is 5.75 Å². The zero-order valence-electron chi connectivity index (χ0n) is 13.7. The Morgan fingerprint density at radius 1 is 1.12 bits per heavy atom. The van der Waals surface area contributed by atoms with Gasteiger partial charge in [0.1, 0.15) is 12.4 Å². The van der Waals surface area contributed by atoms with Gasteiger partial charge in [0.05, 0.1) is 6.61 Å². The van der Waals surface area contributed by atoms with E-state index in [0.29, 0.717) is 22.3 Å². The minimum absolute atomic E-state index is 0.0895. The van der Waals surface area contributed by atoms with Crippen molar-refractivity contribution in [3.05, 3.63) is 58.1 Å². The summed E-state index contributed by atoms with van der Waals surface area (Å²) < 4.78 is 38.3. The van der Waals surface area contributed by atoms with Crippen LogP contribution in [0.3, 0.4) is 0 Å². The monoisotopic (exact) mass is 413 g/mol. The zero-order valence-corrected chi connectivity index (χ0v) is 15.2. The van der Waals surface area contributed by atoms with Gasteiger partial charge in [0, 0.05) is 29.8 Å². The molecule has 2 aromatic rings. The Bertz CT molecular complexity index is 740. The minimum Gasteiger partial charge on any atom is -0.488 e. The van der Waals surface area contributed by atoms with E-state index in [4.69, 9.17) is 9.47 Å². The number of aryl methyl sites for hydroxylation is 1. The molecule has 25 heavy (non-hydrogen) atoms. The summed E-state index contributed by atoms with van der Waals surface area (Å²) in [6.07, 6.45) is 0.345. The number of rotatable bonds is 8. The van der Waals surface area contributed by atoms with E-state index in [2.05, 4.69) is 21.2 Å². The van der Waals surface area contributed by atoms with Gasteiger partial charge in [0.15, 0.2) is 11.6 Å². The predicted molar refractivity (Wildman–Crippen MR) is 94.8 cm³/mol. The van der Waals surface area contributed by atoms with Crippen LogP contribution in [-0.2, 0) is 16.0 Å². The molecule has 0 radical (unpaired) electrons. The molecule has 0 spiro atoms. The predicted octanol–water partition coefficient (Wildman–Crippen LogP) is 4.32. The lowest BCUT2D eigenvalue weighted by Crippen LogP contribution is -2.13. The molecule has 0 saturated carbocycles. The molecule has 0 aliphatic rings. The molecule has 134 valence electrons. The van der Waals surface area contributed by atoms with Crippen LogP contribution in [0.25, 0.3) is 0 Å². The van der Waals surface area contributed by atoms with E-state index in [1.165, 1.54) is 25.3 Å². The van der Waals surface area contributed by atoms with E-state index < -0.39 is 5.82 Å². The molecular formula is C18H18BrF2NO3. The Morgan fingerprint density at radius 2 is 1.92 bits per heavy atom. The van der Waals surface area contributed by atoms with Gasteiger partial charge < -0.3 is 14.8 Å². The number of anilines is 1. The Morgan fingerprint density at radius 3 is 2.60 bits per heavy atom. The van der Waals surface area contributed by atoms with Crippen LogP contribution >= 0.6 is 15.9 Å². The SMILES string of the molecule is COCCOc1ccc(NC(=O)CCc2ccc(Br)cc2F)cc1F. The molecule has 0 aromatic heterocycles. The van der Waals surface area contributed by atoms with Crippen molar-refractivity contribution in [1.82, 2.24) is 0 Å². The van der Waals surface area contributed by atoms with Crippen LogP contribution in [0, 0.1) is 11.6 Å². The second-order valence-electron chi connectivity index (χ2n) is 5.27. The molecule has 0 bridgehead atoms. The Balaban J connectivity index is 1.88. The van der Waals surface area contributed by atoms with E-state index in [1.54, 1.807) is 18.2 Å². The minimum atomic E-state index is -0.576. The summed E-state index contributed by atoms with van der Waals surface area (Å²) in [5.74, 6) is -1.18. The molecule has 0 saturated heterocycles. The number of hydrogen-bond acceptors (Lipinski definition) is 3. The number of nitrogens with one attached hydrogen (secondary N) is 1. The third-order valence-corrected chi connectivity index (χ3v) is 3.89. The van der Waals surface area contributed by atoms with Crippen molar-refractivity contribution in [2.45, 2.75) is 12.8 Å². The quantitative estimate of drug-likeness (QED) is 0.655. The first-order valence-corrected chi connectivity index (χ1v) is 8.44. The number of ether oxygens (including phenoxy) is 2. The van der Waals surface area contributed by atoms with Crippen molar-refractivity contribution < 1.29 is 23.0 Å². The van der Waals surface area contributed by atoms with Crippen molar-refractivity contribution >= 4 is 27.5 Å². The van der Waals surface area contributed by atoms with Gasteiger partial charge in [-0.25, -0.2) is 8.78 Å². The molecule has 0 aliphatic heterocycles. The molecular weight excluding hydrogens is 396 g/mol. The maximum atomic E-state index is 13.9. The third-order valence-electron chi connectivity index (χ3n) is 3.40. The van der Waals surface area contributed by atoms with Crippen LogP contribution in [0.4, 0.5) is 14.5 Å². The molecule has 7 heteroatoms. The molecule has 1 amide bonds. The van der Waals surface area contributed by atoms with E-state index in [-0.39, 0.29) is 36.9 Å². The highest BCUT2D eigenvalue weighted by atomic mass is 79.9. The number of hydrogen-bond donors (Lipinski definition) is 1. The van der Waals surface area contributed by atoms with Crippen molar-refractivity contribution in [1.29, 1.82) is 0 Å². The molecule has 1 N–H and O–H groups in total. The lowest BCUT2D eigenvalue weighted by molar-refractivity contribution is -0.116. The number of halogens is 3. The first-order chi connectivity index (χ1) is 12.0.